The van der Waals surface area contributed by atoms with Crippen LogP contribution in [0.15, 0.2) is 42.6 Å². The molecule has 0 aliphatic heterocycles. The van der Waals surface area contributed by atoms with Crippen molar-refractivity contribution in [2.24, 2.45) is 0 Å². The Hall–Kier alpha value is -2.57. The fraction of sp³-hybridized carbons (Fsp3) is 0.294. The molecule has 2 N–H and O–H groups in total. The number of unbranched alkanes of at least 4 members (excludes halogenated alkanes) is 1. The van der Waals surface area contributed by atoms with Crippen LogP contribution in [-0.2, 0) is 11.0 Å². The second kappa shape index (κ2) is 7.81. The first-order valence-electron chi connectivity index (χ1n) is 7.58. The predicted molar refractivity (Wildman–Crippen MR) is 87.1 cm³/mol. The molecule has 1 amide bonds. The summed E-state index contributed by atoms with van der Waals surface area (Å²) >= 11 is 0. The molecule has 0 bridgehead atoms. The zero-order valence-electron chi connectivity index (χ0n) is 13.2. The lowest BCUT2D eigenvalue weighted by Gasteiger charge is -2.10. The van der Waals surface area contributed by atoms with Gasteiger partial charge in [-0.3, -0.25) is 4.79 Å². The molecular weight excluding hydrogens is 319 g/mol. The van der Waals surface area contributed by atoms with Gasteiger partial charge in [-0.2, -0.15) is 13.2 Å². The van der Waals surface area contributed by atoms with E-state index in [0.717, 1.165) is 25.0 Å². The maximum absolute atomic E-state index is 12.5. The Morgan fingerprint density at radius 1 is 1.08 bits per heavy atom. The van der Waals surface area contributed by atoms with Crippen molar-refractivity contribution < 1.29 is 18.0 Å². The summed E-state index contributed by atoms with van der Waals surface area (Å²) in [5.41, 5.74) is 0.371. The van der Waals surface area contributed by atoms with Crippen molar-refractivity contribution in [3.05, 3.63) is 48.2 Å². The molecule has 2 rings (SSSR count). The number of pyridine rings is 1. The third-order valence-electron chi connectivity index (χ3n) is 3.29. The second-order valence-electron chi connectivity index (χ2n) is 5.28. The van der Waals surface area contributed by atoms with Gasteiger partial charge in [-0.05, 0) is 42.8 Å². The lowest BCUT2D eigenvalue weighted by molar-refractivity contribution is -0.137. The van der Waals surface area contributed by atoms with Gasteiger partial charge in [0.15, 0.2) is 0 Å². The molecule has 1 aromatic heterocycles. The molecule has 1 aromatic carbocycles. The number of nitrogens with one attached hydrogen (secondary N) is 2. The molecule has 0 saturated carbocycles. The van der Waals surface area contributed by atoms with Crippen molar-refractivity contribution in [1.82, 2.24) is 4.98 Å². The number of nitrogens with zero attached hydrogens (tertiary/aromatic N) is 1. The number of benzene rings is 1. The smallest absolute Gasteiger partial charge is 0.340 e. The summed E-state index contributed by atoms with van der Waals surface area (Å²) in [6.45, 7) is 2.01. The number of carbonyl (C=O) groups excluding carboxylic acids is 1. The molecule has 2 aromatic rings. The first-order valence-corrected chi connectivity index (χ1v) is 7.58. The molecule has 0 aliphatic rings. The van der Waals surface area contributed by atoms with Crippen LogP contribution in [0.5, 0.6) is 0 Å². The lowest BCUT2D eigenvalue weighted by atomic mass is 10.2. The van der Waals surface area contributed by atoms with Crippen molar-refractivity contribution in [3.63, 3.8) is 0 Å². The van der Waals surface area contributed by atoms with Gasteiger partial charge < -0.3 is 10.6 Å². The Morgan fingerprint density at radius 2 is 1.75 bits per heavy atom. The topological polar surface area (TPSA) is 54.0 Å². The maximum Gasteiger partial charge on any atom is 0.416 e. The van der Waals surface area contributed by atoms with Crippen molar-refractivity contribution in [2.45, 2.75) is 32.4 Å². The van der Waals surface area contributed by atoms with Gasteiger partial charge >= 0.3 is 6.18 Å². The fourth-order valence-electron chi connectivity index (χ4n) is 1.99. The third-order valence-corrected chi connectivity index (χ3v) is 3.29. The van der Waals surface area contributed by atoms with Gasteiger partial charge in [0.1, 0.15) is 5.82 Å². The zero-order valence-corrected chi connectivity index (χ0v) is 13.2. The standard InChI is InChI=1S/C17H18F3N3O/c1-2-3-4-16(24)23-14-9-10-15(21-11-14)22-13-7-5-12(6-8-13)17(18,19)20/h5-11H,2-4H2,1H3,(H,21,22)(H,23,24). The molecular formula is C17H18F3N3O. The number of hydrogen-bond acceptors (Lipinski definition) is 3. The van der Waals surface area contributed by atoms with E-state index in [1.54, 1.807) is 12.1 Å². The van der Waals surface area contributed by atoms with Gasteiger partial charge in [-0.1, -0.05) is 13.3 Å². The number of anilines is 3. The molecule has 1 heterocycles. The van der Waals surface area contributed by atoms with E-state index in [1.807, 2.05) is 6.92 Å². The lowest BCUT2D eigenvalue weighted by Crippen LogP contribution is -2.11. The number of rotatable bonds is 6. The Bertz CT molecular complexity index is 667. The van der Waals surface area contributed by atoms with Gasteiger partial charge in [-0.25, -0.2) is 4.98 Å². The van der Waals surface area contributed by atoms with Crippen LogP contribution in [0, 0.1) is 0 Å². The van der Waals surface area contributed by atoms with Crippen LogP contribution in [0.4, 0.5) is 30.4 Å². The van der Waals surface area contributed by atoms with E-state index in [4.69, 9.17) is 0 Å². The van der Waals surface area contributed by atoms with Crippen molar-refractivity contribution in [2.75, 3.05) is 10.6 Å². The van der Waals surface area contributed by atoms with Gasteiger partial charge in [0.25, 0.3) is 0 Å². The van der Waals surface area contributed by atoms with E-state index in [9.17, 15) is 18.0 Å². The molecule has 0 atom stereocenters. The minimum atomic E-state index is -4.35. The number of carbonyl (C=O) groups is 1. The number of alkyl halides is 3. The zero-order chi connectivity index (χ0) is 17.6. The van der Waals surface area contributed by atoms with Crippen LogP contribution in [-0.4, -0.2) is 10.9 Å². The summed E-state index contributed by atoms with van der Waals surface area (Å²) in [7, 11) is 0. The van der Waals surface area contributed by atoms with Crippen LogP contribution in [0.3, 0.4) is 0 Å². The average molecular weight is 337 g/mol. The summed E-state index contributed by atoms with van der Waals surface area (Å²) in [5.74, 6) is 0.406. The first kappa shape index (κ1) is 17.8. The van der Waals surface area contributed by atoms with Gasteiger partial charge in [-0.15, -0.1) is 0 Å². The Kier molecular flexibility index (Phi) is 5.78. The van der Waals surface area contributed by atoms with E-state index in [0.29, 0.717) is 23.6 Å². The van der Waals surface area contributed by atoms with E-state index in [-0.39, 0.29) is 5.91 Å². The molecule has 4 nitrogen and oxygen atoms in total. The largest absolute Gasteiger partial charge is 0.416 e. The highest BCUT2D eigenvalue weighted by atomic mass is 19.4. The number of amides is 1. The molecule has 0 fully saturated rings. The quantitative estimate of drug-likeness (QED) is 0.782. The SMILES string of the molecule is CCCCC(=O)Nc1ccc(Nc2ccc(C(F)(F)F)cc2)nc1. The monoisotopic (exact) mass is 337 g/mol. The molecule has 0 radical (unpaired) electrons. The van der Waals surface area contributed by atoms with Crippen molar-refractivity contribution in [3.8, 4) is 0 Å². The van der Waals surface area contributed by atoms with Crippen LogP contribution in [0.1, 0.15) is 31.7 Å². The predicted octanol–water partition coefficient (Wildman–Crippen LogP) is 4.97. The van der Waals surface area contributed by atoms with Crippen LogP contribution in [0.2, 0.25) is 0 Å². The van der Waals surface area contributed by atoms with Gasteiger partial charge in [0.2, 0.25) is 5.91 Å². The first-order chi connectivity index (χ1) is 11.4. The molecule has 0 unspecified atom stereocenters. The highest BCUT2D eigenvalue weighted by Crippen LogP contribution is 2.30. The fourth-order valence-corrected chi connectivity index (χ4v) is 1.99. The van der Waals surface area contributed by atoms with Crippen LogP contribution in [0.25, 0.3) is 0 Å². The third kappa shape index (κ3) is 5.26. The van der Waals surface area contributed by atoms with Crippen LogP contribution < -0.4 is 10.6 Å². The summed E-state index contributed by atoms with van der Waals surface area (Å²) in [5, 5.41) is 5.64. The van der Waals surface area contributed by atoms with E-state index < -0.39 is 11.7 Å². The molecule has 0 saturated heterocycles. The molecule has 0 spiro atoms. The highest BCUT2D eigenvalue weighted by Gasteiger charge is 2.29. The summed E-state index contributed by atoms with van der Waals surface area (Å²) in [6, 6.07) is 8.02. The molecule has 24 heavy (non-hydrogen) atoms. The normalized spacial score (nSPS) is 11.2. The van der Waals surface area contributed by atoms with Crippen molar-refractivity contribution >= 4 is 23.1 Å². The second-order valence-corrected chi connectivity index (χ2v) is 5.28. The van der Waals surface area contributed by atoms with Gasteiger partial charge in [0, 0.05) is 12.1 Å². The van der Waals surface area contributed by atoms with E-state index >= 15 is 0 Å². The summed E-state index contributed by atoms with van der Waals surface area (Å²) in [6.07, 6.45) is -0.624. The molecule has 0 aliphatic carbocycles. The van der Waals surface area contributed by atoms with E-state index in [2.05, 4.69) is 15.6 Å². The van der Waals surface area contributed by atoms with Gasteiger partial charge in [0.05, 0.1) is 17.4 Å². The maximum atomic E-state index is 12.5. The van der Waals surface area contributed by atoms with E-state index in [1.165, 1.54) is 18.3 Å². The summed E-state index contributed by atoms with van der Waals surface area (Å²) in [4.78, 5) is 15.7. The average Bonchev–Trinajstić information content (AvgIpc) is 2.54. The van der Waals surface area contributed by atoms with Crippen LogP contribution >= 0.6 is 0 Å². The Balaban J connectivity index is 1.95. The molecule has 128 valence electrons. The minimum absolute atomic E-state index is 0.0675. The number of aromatic nitrogens is 1. The molecule has 7 heteroatoms. The highest BCUT2D eigenvalue weighted by molar-refractivity contribution is 5.90. The Labute approximate surface area is 138 Å². The Morgan fingerprint density at radius 3 is 2.29 bits per heavy atom. The van der Waals surface area contributed by atoms with Crippen molar-refractivity contribution in [1.29, 1.82) is 0 Å². The number of hydrogen-bond donors (Lipinski definition) is 2. The minimum Gasteiger partial charge on any atom is -0.340 e. The number of halogens is 3. The summed E-state index contributed by atoms with van der Waals surface area (Å²) < 4.78 is 37.5.